The zero-order valence-electron chi connectivity index (χ0n) is 18.9. The summed E-state index contributed by atoms with van der Waals surface area (Å²) in [7, 11) is 0. The van der Waals surface area contributed by atoms with Gasteiger partial charge in [0.25, 0.3) is 0 Å². The molecule has 2 aromatic carbocycles. The highest BCUT2D eigenvalue weighted by molar-refractivity contribution is 14.0. The van der Waals surface area contributed by atoms with Gasteiger partial charge in [-0.3, -0.25) is 9.48 Å². The first-order valence-electron chi connectivity index (χ1n) is 11.2. The van der Waals surface area contributed by atoms with Gasteiger partial charge in [0.2, 0.25) is 5.91 Å². The second-order valence-corrected chi connectivity index (χ2v) is 7.96. The summed E-state index contributed by atoms with van der Waals surface area (Å²) in [5.41, 5.74) is 3.21. The molecular weight excluding hydrogens is 527 g/mol. The number of hydrogen-bond donors (Lipinski definition) is 2. The molecular formula is C25H31IN6O. The molecule has 0 spiro atoms. The lowest BCUT2D eigenvalue weighted by atomic mass is 9.99. The standard InChI is InChI=1S/C25H30N6O.HI/c1-2-26-25(30-15-12-22(18-30)21-9-4-3-5-10-21)27-17-20-8-6-11-23(16-20)29-24(32)19-31-14-7-13-28-31;/h3-11,13-14,16,22H,2,12,15,17-19H2,1H3,(H,26,27)(H,29,32);1H. The molecule has 8 heteroatoms. The highest BCUT2D eigenvalue weighted by Crippen LogP contribution is 2.27. The van der Waals surface area contributed by atoms with Gasteiger partial charge >= 0.3 is 0 Å². The van der Waals surface area contributed by atoms with E-state index in [1.807, 2.05) is 24.3 Å². The van der Waals surface area contributed by atoms with E-state index < -0.39 is 0 Å². The molecule has 1 aliphatic heterocycles. The van der Waals surface area contributed by atoms with Crippen molar-refractivity contribution in [2.45, 2.75) is 32.4 Å². The van der Waals surface area contributed by atoms with E-state index in [0.29, 0.717) is 12.5 Å². The van der Waals surface area contributed by atoms with Crippen LogP contribution in [0.5, 0.6) is 0 Å². The van der Waals surface area contributed by atoms with Crippen molar-refractivity contribution < 1.29 is 4.79 Å². The van der Waals surface area contributed by atoms with Gasteiger partial charge in [0, 0.05) is 43.6 Å². The number of amides is 1. The maximum atomic E-state index is 12.2. The Kier molecular flexibility index (Phi) is 9.29. The minimum Gasteiger partial charge on any atom is -0.357 e. The maximum absolute atomic E-state index is 12.2. The fourth-order valence-corrected chi connectivity index (χ4v) is 4.03. The van der Waals surface area contributed by atoms with Crippen molar-refractivity contribution in [2.75, 3.05) is 25.0 Å². The number of aliphatic imine (C=N–C) groups is 1. The van der Waals surface area contributed by atoms with Crippen LogP contribution in [0.25, 0.3) is 0 Å². The maximum Gasteiger partial charge on any atom is 0.246 e. The van der Waals surface area contributed by atoms with E-state index in [2.05, 4.69) is 57.9 Å². The van der Waals surface area contributed by atoms with E-state index in [0.717, 1.165) is 43.3 Å². The van der Waals surface area contributed by atoms with Gasteiger partial charge in [-0.2, -0.15) is 5.10 Å². The van der Waals surface area contributed by atoms with Crippen LogP contribution in [-0.2, 0) is 17.9 Å². The van der Waals surface area contributed by atoms with Crippen LogP contribution < -0.4 is 10.6 Å². The number of anilines is 1. The summed E-state index contributed by atoms with van der Waals surface area (Å²) in [5, 5.41) is 10.4. The SMILES string of the molecule is CCNC(=NCc1cccc(NC(=O)Cn2cccn2)c1)N1CCC(c2ccccc2)C1.I. The number of benzene rings is 2. The van der Waals surface area contributed by atoms with Gasteiger partial charge in [0.1, 0.15) is 6.54 Å². The van der Waals surface area contributed by atoms with E-state index >= 15 is 0 Å². The molecule has 0 radical (unpaired) electrons. The molecule has 3 aromatic rings. The Labute approximate surface area is 212 Å². The lowest BCUT2D eigenvalue weighted by Crippen LogP contribution is -2.40. The van der Waals surface area contributed by atoms with Gasteiger partial charge < -0.3 is 15.5 Å². The number of rotatable bonds is 7. The molecule has 0 aliphatic carbocycles. The van der Waals surface area contributed by atoms with E-state index in [1.54, 1.807) is 23.1 Å². The molecule has 33 heavy (non-hydrogen) atoms. The van der Waals surface area contributed by atoms with Crippen molar-refractivity contribution in [3.63, 3.8) is 0 Å². The number of guanidine groups is 1. The van der Waals surface area contributed by atoms with E-state index in [4.69, 9.17) is 4.99 Å². The minimum absolute atomic E-state index is 0. The molecule has 174 valence electrons. The molecule has 1 atom stereocenters. The van der Waals surface area contributed by atoms with Crippen LogP contribution in [0, 0.1) is 0 Å². The van der Waals surface area contributed by atoms with Crippen LogP contribution in [0.2, 0.25) is 0 Å². The first-order valence-corrected chi connectivity index (χ1v) is 11.2. The number of hydrogen-bond acceptors (Lipinski definition) is 3. The molecule has 1 fully saturated rings. The van der Waals surface area contributed by atoms with E-state index in [9.17, 15) is 4.79 Å². The molecule has 4 rings (SSSR count). The van der Waals surface area contributed by atoms with Gasteiger partial charge in [-0.15, -0.1) is 24.0 Å². The average molecular weight is 558 g/mol. The Bertz CT molecular complexity index is 1040. The van der Waals surface area contributed by atoms with Crippen molar-refractivity contribution in [3.8, 4) is 0 Å². The van der Waals surface area contributed by atoms with Crippen LogP contribution in [-0.4, -0.2) is 46.2 Å². The molecule has 0 saturated carbocycles. The summed E-state index contributed by atoms with van der Waals surface area (Å²) in [6.07, 6.45) is 4.57. The topological polar surface area (TPSA) is 74.5 Å². The van der Waals surface area contributed by atoms with Gasteiger partial charge in [0.05, 0.1) is 6.54 Å². The molecule has 1 unspecified atom stereocenters. The largest absolute Gasteiger partial charge is 0.357 e. The first kappa shape index (κ1) is 24.8. The van der Waals surface area contributed by atoms with Crippen molar-refractivity contribution in [2.24, 2.45) is 4.99 Å². The van der Waals surface area contributed by atoms with Crippen molar-refractivity contribution in [3.05, 3.63) is 84.2 Å². The van der Waals surface area contributed by atoms with Crippen LogP contribution >= 0.6 is 24.0 Å². The number of aromatic nitrogens is 2. The Balaban J connectivity index is 0.00000306. The van der Waals surface area contributed by atoms with Crippen molar-refractivity contribution in [1.82, 2.24) is 20.0 Å². The predicted octanol–water partition coefficient (Wildman–Crippen LogP) is 4.09. The number of nitrogens with zero attached hydrogens (tertiary/aromatic N) is 4. The molecule has 2 heterocycles. The predicted molar refractivity (Wildman–Crippen MR) is 143 cm³/mol. The molecule has 7 nitrogen and oxygen atoms in total. The highest BCUT2D eigenvalue weighted by atomic mass is 127. The lowest BCUT2D eigenvalue weighted by Gasteiger charge is -2.22. The molecule has 0 bridgehead atoms. The second-order valence-electron chi connectivity index (χ2n) is 7.96. The van der Waals surface area contributed by atoms with Gasteiger partial charge in [-0.05, 0) is 42.7 Å². The third kappa shape index (κ3) is 7.05. The van der Waals surface area contributed by atoms with E-state index in [-0.39, 0.29) is 36.4 Å². The quantitative estimate of drug-likeness (QED) is 0.260. The average Bonchev–Trinajstić information content (AvgIpc) is 3.50. The first-order chi connectivity index (χ1) is 15.7. The third-order valence-electron chi connectivity index (χ3n) is 5.58. The summed E-state index contributed by atoms with van der Waals surface area (Å²) in [6.45, 7) is 5.63. The number of likely N-dealkylation sites (tertiary alicyclic amines) is 1. The summed E-state index contributed by atoms with van der Waals surface area (Å²) in [4.78, 5) is 19.5. The van der Waals surface area contributed by atoms with Gasteiger partial charge in [-0.25, -0.2) is 4.99 Å². The van der Waals surface area contributed by atoms with Gasteiger partial charge in [-0.1, -0.05) is 42.5 Å². The van der Waals surface area contributed by atoms with Crippen LogP contribution in [0.3, 0.4) is 0 Å². The molecule has 1 amide bonds. The van der Waals surface area contributed by atoms with E-state index in [1.165, 1.54) is 5.56 Å². The van der Waals surface area contributed by atoms with Crippen LogP contribution in [0.4, 0.5) is 5.69 Å². The number of carbonyl (C=O) groups is 1. The third-order valence-corrected chi connectivity index (χ3v) is 5.58. The summed E-state index contributed by atoms with van der Waals surface area (Å²) in [5.74, 6) is 1.37. The molecule has 1 aromatic heterocycles. The number of carbonyl (C=O) groups excluding carboxylic acids is 1. The number of halogens is 1. The van der Waals surface area contributed by atoms with Gasteiger partial charge in [0.15, 0.2) is 5.96 Å². The highest BCUT2D eigenvalue weighted by Gasteiger charge is 2.25. The summed E-state index contributed by atoms with van der Waals surface area (Å²) < 4.78 is 1.60. The fourth-order valence-electron chi connectivity index (χ4n) is 4.03. The smallest absolute Gasteiger partial charge is 0.246 e. The summed E-state index contributed by atoms with van der Waals surface area (Å²) >= 11 is 0. The fraction of sp³-hybridized carbons (Fsp3) is 0.320. The van der Waals surface area contributed by atoms with Crippen molar-refractivity contribution >= 4 is 41.5 Å². The Morgan fingerprint density at radius 2 is 2.00 bits per heavy atom. The Morgan fingerprint density at radius 1 is 1.15 bits per heavy atom. The normalized spacial score (nSPS) is 15.7. The zero-order chi connectivity index (χ0) is 22.2. The summed E-state index contributed by atoms with van der Waals surface area (Å²) in [6, 6.07) is 20.4. The Morgan fingerprint density at radius 3 is 2.76 bits per heavy atom. The lowest BCUT2D eigenvalue weighted by molar-refractivity contribution is -0.116. The zero-order valence-corrected chi connectivity index (χ0v) is 21.2. The minimum atomic E-state index is -0.105. The monoisotopic (exact) mass is 558 g/mol. The molecule has 1 aliphatic rings. The molecule has 2 N–H and O–H groups in total. The van der Waals surface area contributed by atoms with Crippen LogP contribution in [0.1, 0.15) is 30.4 Å². The Hall–Kier alpha value is -2.88. The second kappa shape index (κ2) is 12.4. The van der Waals surface area contributed by atoms with Crippen molar-refractivity contribution in [1.29, 1.82) is 0 Å². The van der Waals surface area contributed by atoms with Crippen LogP contribution in [0.15, 0.2) is 78.0 Å². The molecule has 1 saturated heterocycles. The number of nitrogens with one attached hydrogen (secondary N) is 2.